The van der Waals surface area contributed by atoms with Gasteiger partial charge < -0.3 is 15.5 Å². The van der Waals surface area contributed by atoms with Crippen LogP contribution in [0, 0.1) is 25.7 Å². The van der Waals surface area contributed by atoms with Crippen LogP contribution in [0.25, 0.3) is 0 Å². The minimum Gasteiger partial charge on any atom is -0.351 e. The van der Waals surface area contributed by atoms with Crippen molar-refractivity contribution < 1.29 is 18.0 Å². The summed E-state index contributed by atoms with van der Waals surface area (Å²) in [5.74, 6) is 1.26. The quantitative estimate of drug-likeness (QED) is 0.722. The van der Waals surface area contributed by atoms with Gasteiger partial charge in [-0.2, -0.15) is 23.3 Å². The number of alkyl halides is 3. The Hall–Kier alpha value is -2.85. The standard InChI is InChI=1S/C21H28F3N7O/c1-10(2)17-19(32)27-16-12(4)25-20(28-18(16)30(17)5)26-14-7-13(8-14)9-31-15(21(22,23)24)6-11(3)29-31/h6,10,13-14,17H,7-9H2,1-5H3,(H,27,32)(H,25,26,28). The van der Waals surface area contributed by atoms with Crippen molar-refractivity contribution in [2.45, 2.75) is 65.3 Å². The van der Waals surface area contributed by atoms with E-state index in [1.165, 1.54) is 0 Å². The summed E-state index contributed by atoms with van der Waals surface area (Å²) in [5, 5.41) is 10.2. The second-order valence-corrected chi connectivity index (χ2v) is 9.15. The van der Waals surface area contributed by atoms with Gasteiger partial charge in [-0.25, -0.2) is 4.98 Å². The molecule has 2 N–H and O–H groups in total. The van der Waals surface area contributed by atoms with Crippen molar-refractivity contribution in [2.75, 3.05) is 22.6 Å². The molecule has 1 atom stereocenters. The third-order valence-corrected chi connectivity index (χ3v) is 6.16. The Bertz CT molecular complexity index is 1030. The summed E-state index contributed by atoms with van der Waals surface area (Å²) in [5.41, 5.74) is 0.933. The number of hydrogen-bond acceptors (Lipinski definition) is 6. The Morgan fingerprint density at radius 3 is 2.56 bits per heavy atom. The average molecular weight is 451 g/mol. The molecule has 0 spiro atoms. The predicted octanol–water partition coefficient (Wildman–Crippen LogP) is 3.61. The number of carbonyl (C=O) groups excluding carboxylic acids is 1. The monoisotopic (exact) mass is 451 g/mol. The molecule has 32 heavy (non-hydrogen) atoms. The Balaban J connectivity index is 1.42. The highest BCUT2D eigenvalue weighted by Crippen LogP contribution is 2.37. The lowest BCUT2D eigenvalue weighted by Crippen LogP contribution is -2.50. The van der Waals surface area contributed by atoms with E-state index in [4.69, 9.17) is 0 Å². The van der Waals surface area contributed by atoms with Crippen molar-refractivity contribution in [1.82, 2.24) is 19.7 Å². The van der Waals surface area contributed by atoms with Crippen LogP contribution in [0.3, 0.4) is 0 Å². The fourth-order valence-corrected chi connectivity index (χ4v) is 4.62. The number of fused-ring (bicyclic) bond motifs is 1. The maximum atomic E-state index is 13.2. The molecule has 1 aliphatic carbocycles. The molecule has 0 saturated heterocycles. The zero-order valence-corrected chi connectivity index (χ0v) is 18.8. The number of aryl methyl sites for hydroxylation is 2. The van der Waals surface area contributed by atoms with Gasteiger partial charge in [-0.15, -0.1) is 0 Å². The van der Waals surface area contributed by atoms with Crippen LogP contribution >= 0.6 is 0 Å². The molecule has 4 rings (SSSR count). The zero-order valence-electron chi connectivity index (χ0n) is 18.8. The molecule has 1 fully saturated rings. The lowest BCUT2D eigenvalue weighted by atomic mass is 9.80. The molecule has 0 bridgehead atoms. The number of carbonyl (C=O) groups is 1. The normalized spacial score (nSPS) is 23.1. The highest BCUT2D eigenvalue weighted by molar-refractivity contribution is 6.03. The topological polar surface area (TPSA) is 88.0 Å². The molecule has 1 saturated carbocycles. The molecule has 8 nitrogen and oxygen atoms in total. The van der Waals surface area contributed by atoms with Gasteiger partial charge in [0.15, 0.2) is 5.82 Å². The Morgan fingerprint density at radius 1 is 1.25 bits per heavy atom. The molecule has 2 aromatic heterocycles. The SMILES string of the molecule is Cc1cc(C(F)(F)F)n(CC2CC(Nc3nc(C)c4c(n3)N(C)C(C(C)C)C(=O)N4)C2)n1. The van der Waals surface area contributed by atoms with E-state index in [-0.39, 0.29) is 36.4 Å². The molecule has 11 heteroatoms. The predicted molar refractivity (Wildman–Crippen MR) is 115 cm³/mol. The second-order valence-electron chi connectivity index (χ2n) is 9.15. The summed E-state index contributed by atoms with van der Waals surface area (Å²) in [4.78, 5) is 23.4. The third kappa shape index (κ3) is 4.12. The van der Waals surface area contributed by atoms with Crippen molar-refractivity contribution in [2.24, 2.45) is 11.8 Å². The van der Waals surface area contributed by atoms with Crippen LogP contribution in [0.4, 0.5) is 30.6 Å². The summed E-state index contributed by atoms with van der Waals surface area (Å²) in [6, 6.07) is 0.837. The van der Waals surface area contributed by atoms with Crippen LogP contribution in [0.1, 0.15) is 43.8 Å². The second kappa shape index (κ2) is 7.93. The van der Waals surface area contributed by atoms with Crippen LogP contribution in [0.2, 0.25) is 0 Å². The van der Waals surface area contributed by atoms with Crippen LogP contribution in [-0.4, -0.2) is 44.8 Å². The van der Waals surface area contributed by atoms with Crippen LogP contribution < -0.4 is 15.5 Å². The van der Waals surface area contributed by atoms with E-state index in [0.717, 1.165) is 10.7 Å². The summed E-state index contributed by atoms with van der Waals surface area (Å²) >= 11 is 0. The van der Waals surface area contributed by atoms with Gasteiger partial charge in [0.25, 0.3) is 0 Å². The number of amides is 1. The number of halogens is 3. The van der Waals surface area contributed by atoms with Gasteiger partial charge in [0.05, 0.1) is 11.4 Å². The molecule has 1 aliphatic heterocycles. The molecular formula is C21H28F3N7O. The smallest absolute Gasteiger partial charge is 0.351 e. The highest BCUT2D eigenvalue weighted by Gasteiger charge is 2.38. The van der Waals surface area contributed by atoms with E-state index in [1.807, 2.05) is 32.7 Å². The van der Waals surface area contributed by atoms with E-state index in [9.17, 15) is 18.0 Å². The molecule has 1 unspecified atom stereocenters. The summed E-state index contributed by atoms with van der Waals surface area (Å²) in [6.45, 7) is 7.58. The Kier molecular flexibility index (Phi) is 5.54. The van der Waals surface area contributed by atoms with Crippen molar-refractivity contribution in [3.05, 3.63) is 23.1 Å². The van der Waals surface area contributed by atoms with Gasteiger partial charge in [0.2, 0.25) is 11.9 Å². The summed E-state index contributed by atoms with van der Waals surface area (Å²) < 4.78 is 40.6. The number of aromatic nitrogens is 4. The molecule has 174 valence electrons. The number of rotatable bonds is 5. The van der Waals surface area contributed by atoms with E-state index >= 15 is 0 Å². The molecule has 1 amide bonds. The summed E-state index contributed by atoms with van der Waals surface area (Å²) in [7, 11) is 1.85. The zero-order chi connectivity index (χ0) is 23.4. The summed E-state index contributed by atoms with van der Waals surface area (Å²) in [6.07, 6.45) is -3.00. The van der Waals surface area contributed by atoms with Crippen LogP contribution in [0.5, 0.6) is 0 Å². The Morgan fingerprint density at radius 2 is 1.94 bits per heavy atom. The Labute approximate surface area is 184 Å². The average Bonchev–Trinajstić information content (AvgIpc) is 3.01. The van der Waals surface area contributed by atoms with Gasteiger partial charge in [-0.05, 0) is 44.6 Å². The number of nitrogens with one attached hydrogen (secondary N) is 2. The fraction of sp³-hybridized carbons (Fsp3) is 0.619. The first-order valence-corrected chi connectivity index (χ1v) is 10.7. The number of nitrogens with zero attached hydrogens (tertiary/aromatic N) is 5. The van der Waals surface area contributed by atoms with Crippen LogP contribution in [-0.2, 0) is 17.5 Å². The van der Waals surface area contributed by atoms with Gasteiger partial charge in [0, 0.05) is 19.6 Å². The van der Waals surface area contributed by atoms with E-state index < -0.39 is 11.9 Å². The molecule has 2 aromatic rings. The number of anilines is 3. The molecule has 3 heterocycles. The van der Waals surface area contributed by atoms with Gasteiger partial charge >= 0.3 is 6.18 Å². The van der Waals surface area contributed by atoms with Crippen molar-refractivity contribution in [3.8, 4) is 0 Å². The lowest BCUT2D eigenvalue weighted by Gasteiger charge is -2.38. The molecule has 0 aromatic carbocycles. The van der Waals surface area contributed by atoms with Gasteiger partial charge in [-0.1, -0.05) is 13.8 Å². The van der Waals surface area contributed by atoms with Crippen LogP contribution in [0.15, 0.2) is 6.07 Å². The molecule has 0 radical (unpaired) electrons. The van der Waals surface area contributed by atoms with Crippen molar-refractivity contribution in [1.29, 1.82) is 0 Å². The maximum absolute atomic E-state index is 13.2. The van der Waals surface area contributed by atoms with Gasteiger partial charge in [-0.3, -0.25) is 9.48 Å². The number of likely N-dealkylation sites (N-methyl/N-ethyl adjacent to an activating group) is 1. The first-order valence-electron chi connectivity index (χ1n) is 10.7. The first kappa shape index (κ1) is 22.3. The maximum Gasteiger partial charge on any atom is 0.433 e. The largest absolute Gasteiger partial charge is 0.433 e. The van der Waals surface area contributed by atoms with E-state index in [2.05, 4.69) is 25.7 Å². The van der Waals surface area contributed by atoms with E-state index in [0.29, 0.717) is 41.7 Å². The first-order chi connectivity index (χ1) is 14.9. The van der Waals surface area contributed by atoms with E-state index in [1.54, 1.807) is 6.92 Å². The molecular weight excluding hydrogens is 423 g/mol. The number of hydrogen-bond donors (Lipinski definition) is 2. The van der Waals surface area contributed by atoms with Gasteiger partial charge in [0.1, 0.15) is 17.4 Å². The lowest BCUT2D eigenvalue weighted by molar-refractivity contribution is -0.144. The minimum absolute atomic E-state index is 0.0728. The fourth-order valence-electron chi connectivity index (χ4n) is 4.62. The molecule has 2 aliphatic rings. The van der Waals surface area contributed by atoms with Crippen molar-refractivity contribution in [3.63, 3.8) is 0 Å². The third-order valence-electron chi connectivity index (χ3n) is 6.16. The highest BCUT2D eigenvalue weighted by atomic mass is 19.4. The minimum atomic E-state index is -4.41. The van der Waals surface area contributed by atoms with Crippen molar-refractivity contribution >= 4 is 23.4 Å².